The lowest BCUT2D eigenvalue weighted by Gasteiger charge is -2.21. The maximum Gasteiger partial charge on any atom is 0.251 e. The number of hydrogen-bond acceptors (Lipinski definition) is 5. The minimum Gasteiger partial charge on any atom is -0.363 e. The van der Waals surface area contributed by atoms with Crippen molar-refractivity contribution in [3.8, 4) is 0 Å². The van der Waals surface area contributed by atoms with Crippen LogP contribution >= 0.6 is 11.8 Å². The molecule has 0 bridgehead atoms. The van der Waals surface area contributed by atoms with Crippen LogP contribution in [0.1, 0.15) is 48.0 Å². The molecule has 0 aliphatic heterocycles. The number of nitrogens with one attached hydrogen (secondary N) is 1. The molecular weight excluding hydrogens is 404 g/mol. The van der Waals surface area contributed by atoms with E-state index in [1.54, 1.807) is 11.8 Å². The van der Waals surface area contributed by atoms with Crippen molar-refractivity contribution in [2.45, 2.75) is 43.6 Å². The van der Waals surface area contributed by atoms with Gasteiger partial charge in [0.25, 0.3) is 5.91 Å². The lowest BCUT2D eigenvalue weighted by Crippen LogP contribution is -2.22. The normalized spacial score (nSPS) is 11.3. The standard InChI is InChI=1S/C25H30N4OS/c1-25(2,3)21-15-22(29(4)5)28-24(27-21)31-17-19-12-9-13-20(14-19)23(30)26-16-18-10-7-6-8-11-18/h6-15H,16-17H2,1-5H3,(H,26,30). The van der Waals surface area contributed by atoms with Gasteiger partial charge in [0.05, 0.1) is 5.69 Å². The average molecular weight is 435 g/mol. The van der Waals surface area contributed by atoms with Crippen molar-refractivity contribution in [1.82, 2.24) is 15.3 Å². The van der Waals surface area contributed by atoms with Gasteiger partial charge in [-0.25, -0.2) is 9.97 Å². The van der Waals surface area contributed by atoms with Crippen molar-refractivity contribution in [2.75, 3.05) is 19.0 Å². The molecule has 0 saturated carbocycles. The summed E-state index contributed by atoms with van der Waals surface area (Å²) in [5.74, 6) is 1.52. The Morgan fingerprint density at radius 3 is 2.35 bits per heavy atom. The van der Waals surface area contributed by atoms with E-state index >= 15 is 0 Å². The van der Waals surface area contributed by atoms with Gasteiger partial charge in [-0.3, -0.25) is 4.79 Å². The highest BCUT2D eigenvalue weighted by molar-refractivity contribution is 7.98. The Kier molecular flexibility index (Phi) is 7.33. The number of thioether (sulfide) groups is 1. The molecule has 0 aliphatic rings. The van der Waals surface area contributed by atoms with Crippen molar-refractivity contribution >= 4 is 23.5 Å². The van der Waals surface area contributed by atoms with E-state index in [9.17, 15) is 4.79 Å². The summed E-state index contributed by atoms with van der Waals surface area (Å²) < 4.78 is 0. The van der Waals surface area contributed by atoms with E-state index in [1.807, 2.05) is 79.7 Å². The lowest BCUT2D eigenvalue weighted by atomic mass is 9.92. The zero-order valence-electron chi connectivity index (χ0n) is 18.8. The van der Waals surface area contributed by atoms with Crippen molar-refractivity contribution in [1.29, 1.82) is 0 Å². The van der Waals surface area contributed by atoms with Gasteiger partial charge in [-0.15, -0.1) is 0 Å². The summed E-state index contributed by atoms with van der Waals surface area (Å²) in [6.45, 7) is 6.97. The Morgan fingerprint density at radius 1 is 0.968 bits per heavy atom. The quantitative estimate of drug-likeness (QED) is 0.416. The zero-order chi connectivity index (χ0) is 22.4. The molecule has 1 heterocycles. The van der Waals surface area contributed by atoms with Crippen molar-refractivity contribution in [2.24, 2.45) is 0 Å². The minimum atomic E-state index is -0.0726. The van der Waals surface area contributed by atoms with Crippen LogP contribution in [-0.2, 0) is 17.7 Å². The van der Waals surface area contributed by atoms with Gasteiger partial charge in [0.15, 0.2) is 5.16 Å². The second kappa shape index (κ2) is 9.96. The largest absolute Gasteiger partial charge is 0.363 e. The molecule has 0 atom stereocenters. The van der Waals surface area contributed by atoms with E-state index in [4.69, 9.17) is 4.98 Å². The fourth-order valence-corrected chi connectivity index (χ4v) is 3.72. The number of benzene rings is 2. The average Bonchev–Trinajstić information content (AvgIpc) is 2.76. The highest BCUT2D eigenvalue weighted by atomic mass is 32.2. The molecule has 1 N–H and O–H groups in total. The maximum absolute atomic E-state index is 12.6. The summed E-state index contributed by atoms with van der Waals surface area (Å²) in [6.07, 6.45) is 0. The van der Waals surface area contributed by atoms with Crippen molar-refractivity contribution in [3.05, 3.63) is 83.0 Å². The first-order chi connectivity index (χ1) is 14.7. The highest BCUT2D eigenvalue weighted by Gasteiger charge is 2.19. The number of aromatic nitrogens is 2. The SMILES string of the molecule is CN(C)c1cc(C(C)(C)C)nc(SCc2cccc(C(=O)NCc3ccccc3)c2)n1. The first-order valence-electron chi connectivity index (χ1n) is 10.3. The van der Waals surface area contributed by atoms with Crippen molar-refractivity contribution < 1.29 is 4.79 Å². The molecule has 0 radical (unpaired) electrons. The summed E-state index contributed by atoms with van der Waals surface area (Å²) in [6, 6.07) is 19.7. The smallest absolute Gasteiger partial charge is 0.251 e. The van der Waals surface area contributed by atoms with Crippen LogP contribution in [0.25, 0.3) is 0 Å². The van der Waals surface area contributed by atoms with Crippen molar-refractivity contribution in [3.63, 3.8) is 0 Å². The second-order valence-corrected chi connectivity index (χ2v) is 9.64. The molecule has 6 heteroatoms. The number of amides is 1. The molecule has 0 spiro atoms. The van der Waals surface area contributed by atoms with E-state index in [0.29, 0.717) is 17.9 Å². The molecule has 2 aromatic carbocycles. The van der Waals surface area contributed by atoms with E-state index in [1.165, 1.54) is 0 Å². The molecule has 0 saturated heterocycles. The topological polar surface area (TPSA) is 58.1 Å². The molecule has 1 amide bonds. The fourth-order valence-electron chi connectivity index (χ4n) is 2.92. The van der Waals surface area contributed by atoms with Crippen LogP contribution in [-0.4, -0.2) is 30.0 Å². The Morgan fingerprint density at radius 2 is 1.68 bits per heavy atom. The monoisotopic (exact) mass is 434 g/mol. The zero-order valence-corrected chi connectivity index (χ0v) is 19.7. The summed E-state index contributed by atoms with van der Waals surface area (Å²) >= 11 is 1.59. The Hall–Kier alpha value is -2.86. The molecule has 0 fully saturated rings. The van der Waals surface area contributed by atoms with Gasteiger partial charge in [0.1, 0.15) is 5.82 Å². The number of rotatable bonds is 7. The summed E-state index contributed by atoms with van der Waals surface area (Å²) in [5.41, 5.74) is 3.76. The first kappa shape index (κ1) is 22.8. The van der Waals surface area contributed by atoms with Crippen LogP contribution in [0, 0.1) is 0 Å². The molecule has 3 rings (SSSR count). The van der Waals surface area contributed by atoms with Gasteiger partial charge >= 0.3 is 0 Å². The Balaban J connectivity index is 1.68. The molecule has 0 unspecified atom stereocenters. The van der Waals surface area contributed by atoms with Crippen LogP contribution in [0.5, 0.6) is 0 Å². The maximum atomic E-state index is 12.6. The fraction of sp³-hybridized carbons (Fsp3) is 0.320. The Labute approximate surface area is 189 Å². The van der Waals surface area contributed by atoms with Crippen LogP contribution in [0.3, 0.4) is 0 Å². The molecular formula is C25H30N4OS. The number of hydrogen-bond donors (Lipinski definition) is 1. The van der Waals surface area contributed by atoms with E-state index in [-0.39, 0.29) is 11.3 Å². The number of anilines is 1. The van der Waals surface area contributed by atoms with Gasteiger partial charge < -0.3 is 10.2 Å². The molecule has 5 nitrogen and oxygen atoms in total. The van der Waals surface area contributed by atoms with Gasteiger partial charge in [0.2, 0.25) is 0 Å². The van der Waals surface area contributed by atoms with E-state index in [2.05, 4.69) is 31.1 Å². The highest BCUT2D eigenvalue weighted by Crippen LogP contribution is 2.28. The Bertz CT molecular complexity index is 1030. The predicted molar refractivity (Wildman–Crippen MR) is 129 cm³/mol. The predicted octanol–water partition coefficient (Wildman–Crippen LogP) is 5.06. The molecule has 1 aromatic heterocycles. The second-order valence-electron chi connectivity index (χ2n) is 8.70. The number of carbonyl (C=O) groups excluding carboxylic acids is 1. The van der Waals surface area contributed by atoms with Gasteiger partial charge in [-0.05, 0) is 23.3 Å². The molecule has 0 aliphatic carbocycles. The van der Waals surface area contributed by atoms with E-state index in [0.717, 1.165) is 27.8 Å². The van der Waals surface area contributed by atoms with Gasteiger partial charge in [-0.2, -0.15) is 0 Å². The molecule has 3 aromatic rings. The van der Waals surface area contributed by atoms with Crippen LogP contribution < -0.4 is 10.2 Å². The minimum absolute atomic E-state index is 0.0558. The van der Waals surface area contributed by atoms with Crippen LogP contribution in [0.2, 0.25) is 0 Å². The summed E-state index contributed by atoms with van der Waals surface area (Å²) in [5, 5.41) is 3.73. The first-order valence-corrected chi connectivity index (χ1v) is 11.3. The summed E-state index contributed by atoms with van der Waals surface area (Å²) in [7, 11) is 3.97. The molecule has 31 heavy (non-hydrogen) atoms. The van der Waals surface area contributed by atoms with Gasteiger partial charge in [-0.1, -0.05) is 75.0 Å². The van der Waals surface area contributed by atoms with Crippen LogP contribution in [0.15, 0.2) is 65.8 Å². The van der Waals surface area contributed by atoms with Crippen LogP contribution in [0.4, 0.5) is 5.82 Å². The lowest BCUT2D eigenvalue weighted by molar-refractivity contribution is 0.0951. The number of nitrogens with zero attached hydrogens (tertiary/aromatic N) is 3. The third-order valence-corrected chi connectivity index (χ3v) is 5.69. The van der Waals surface area contributed by atoms with Gasteiger partial charge in [0, 0.05) is 43.4 Å². The third-order valence-electron chi connectivity index (χ3n) is 4.77. The summed E-state index contributed by atoms with van der Waals surface area (Å²) in [4.78, 5) is 24.0. The number of carbonyl (C=O) groups is 1. The van der Waals surface area contributed by atoms with E-state index < -0.39 is 0 Å². The third kappa shape index (κ3) is 6.56. The molecule has 162 valence electrons.